The van der Waals surface area contributed by atoms with Gasteiger partial charge in [-0.1, -0.05) is 29.5 Å². The molecule has 1 aromatic heterocycles. The minimum atomic E-state index is 0.116. The molecule has 6 heteroatoms. The summed E-state index contributed by atoms with van der Waals surface area (Å²) in [6.45, 7) is 0. The van der Waals surface area contributed by atoms with E-state index < -0.39 is 0 Å². The number of Topliss-reactive ketones (excluding diaryl/α,β-unsaturated/α-hetero) is 1. The Morgan fingerprint density at radius 1 is 1.24 bits per heavy atom. The van der Waals surface area contributed by atoms with Crippen LogP contribution in [0.1, 0.15) is 38.5 Å². The third kappa shape index (κ3) is 2.98. The molecule has 2 aliphatic rings. The van der Waals surface area contributed by atoms with Crippen LogP contribution >= 0.6 is 23.1 Å². The van der Waals surface area contributed by atoms with E-state index in [9.17, 15) is 4.79 Å². The van der Waals surface area contributed by atoms with Crippen LogP contribution in [0.2, 0.25) is 0 Å². The quantitative estimate of drug-likeness (QED) is 0.911. The molecule has 1 N–H and O–H groups in total. The molecule has 2 fully saturated rings. The molecule has 0 bridgehead atoms. The number of carbonyl (C=O) groups is 1. The van der Waals surface area contributed by atoms with E-state index in [0.29, 0.717) is 11.8 Å². The van der Waals surface area contributed by atoms with Gasteiger partial charge >= 0.3 is 0 Å². The van der Waals surface area contributed by atoms with Crippen molar-refractivity contribution >= 4 is 34.0 Å². The number of carbonyl (C=O) groups excluding carboxylic acids is 1. The maximum absolute atomic E-state index is 11.7. The Balaban J connectivity index is 1.59. The lowest BCUT2D eigenvalue weighted by Crippen LogP contribution is -2.21. The summed E-state index contributed by atoms with van der Waals surface area (Å²) in [6, 6.07) is 0.608. The molecule has 0 aromatic carbocycles. The van der Waals surface area contributed by atoms with Crippen molar-refractivity contribution in [3.63, 3.8) is 0 Å². The monoisotopic (exact) mass is 269 g/mol. The Morgan fingerprint density at radius 2 is 2.12 bits per heavy atom. The van der Waals surface area contributed by atoms with E-state index in [2.05, 4.69) is 15.5 Å². The first-order chi connectivity index (χ1) is 8.31. The van der Waals surface area contributed by atoms with Crippen LogP contribution in [0.4, 0.5) is 5.13 Å². The van der Waals surface area contributed by atoms with Gasteiger partial charge in [0.2, 0.25) is 5.13 Å². The van der Waals surface area contributed by atoms with Gasteiger partial charge in [0.25, 0.3) is 0 Å². The number of hydrogen-bond acceptors (Lipinski definition) is 6. The Bertz CT molecular complexity index is 417. The fourth-order valence-electron chi connectivity index (χ4n) is 1.92. The smallest absolute Gasteiger partial charge is 0.206 e. The number of aromatic nitrogens is 2. The average molecular weight is 269 g/mol. The molecule has 1 aromatic rings. The van der Waals surface area contributed by atoms with E-state index in [1.807, 2.05) is 0 Å². The van der Waals surface area contributed by atoms with Gasteiger partial charge in [0, 0.05) is 12.5 Å². The van der Waals surface area contributed by atoms with E-state index in [1.165, 1.54) is 12.8 Å². The van der Waals surface area contributed by atoms with E-state index >= 15 is 0 Å². The Labute approximate surface area is 109 Å². The number of nitrogens with zero attached hydrogens (tertiary/aromatic N) is 2. The predicted octanol–water partition coefficient (Wildman–Crippen LogP) is 2.72. The highest BCUT2D eigenvalue weighted by Gasteiger charge is 2.26. The summed E-state index contributed by atoms with van der Waals surface area (Å²) in [5.74, 6) is 0.383. The van der Waals surface area contributed by atoms with Crippen LogP contribution in [-0.4, -0.2) is 27.3 Å². The molecule has 0 spiro atoms. The minimum Gasteiger partial charge on any atom is -0.357 e. The van der Waals surface area contributed by atoms with Gasteiger partial charge in [-0.25, -0.2) is 0 Å². The molecule has 0 amide bonds. The lowest BCUT2D eigenvalue weighted by atomic mass is 9.99. The summed E-state index contributed by atoms with van der Waals surface area (Å²) < 4.78 is 0.924. The summed E-state index contributed by atoms with van der Waals surface area (Å²) in [7, 11) is 0. The number of anilines is 1. The first kappa shape index (κ1) is 11.5. The van der Waals surface area contributed by atoms with Gasteiger partial charge in [-0.3, -0.25) is 4.79 Å². The van der Waals surface area contributed by atoms with Crippen molar-refractivity contribution in [3.05, 3.63) is 0 Å². The first-order valence-corrected chi connectivity index (χ1v) is 7.80. The Kier molecular flexibility index (Phi) is 3.33. The predicted molar refractivity (Wildman–Crippen MR) is 69.7 cm³/mol. The van der Waals surface area contributed by atoms with Crippen LogP contribution in [0.3, 0.4) is 0 Å². The van der Waals surface area contributed by atoms with Crippen molar-refractivity contribution in [2.24, 2.45) is 0 Å². The lowest BCUT2D eigenvalue weighted by molar-refractivity contribution is -0.119. The average Bonchev–Trinajstić information content (AvgIpc) is 3.02. The van der Waals surface area contributed by atoms with Crippen molar-refractivity contribution in [2.45, 2.75) is 54.2 Å². The molecular weight excluding hydrogens is 254 g/mol. The SMILES string of the molecule is O=C1CCCC[C@@H]1Sc1nnc(NC2CC2)s1. The van der Waals surface area contributed by atoms with Crippen molar-refractivity contribution < 1.29 is 4.79 Å². The summed E-state index contributed by atoms with van der Waals surface area (Å²) in [4.78, 5) is 11.7. The topological polar surface area (TPSA) is 54.9 Å². The van der Waals surface area contributed by atoms with Gasteiger partial charge < -0.3 is 5.32 Å². The third-order valence-corrected chi connectivity index (χ3v) is 5.31. The molecule has 92 valence electrons. The van der Waals surface area contributed by atoms with Crippen LogP contribution in [0.25, 0.3) is 0 Å². The second-order valence-corrected chi connectivity index (χ2v) is 7.04. The summed E-state index contributed by atoms with van der Waals surface area (Å²) in [6.07, 6.45) is 6.43. The molecule has 3 rings (SSSR count). The van der Waals surface area contributed by atoms with Gasteiger partial charge in [0.05, 0.1) is 5.25 Å². The first-order valence-electron chi connectivity index (χ1n) is 6.11. The third-order valence-electron chi connectivity index (χ3n) is 3.05. The van der Waals surface area contributed by atoms with Gasteiger partial charge in [-0.15, -0.1) is 10.2 Å². The molecule has 1 heterocycles. The molecule has 17 heavy (non-hydrogen) atoms. The highest BCUT2D eigenvalue weighted by Crippen LogP contribution is 2.35. The molecular formula is C11H15N3OS2. The highest BCUT2D eigenvalue weighted by molar-refractivity contribution is 8.02. The number of hydrogen-bond donors (Lipinski definition) is 1. The molecule has 2 aliphatic carbocycles. The van der Waals surface area contributed by atoms with Gasteiger partial charge in [-0.05, 0) is 25.7 Å². The van der Waals surface area contributed by atoms with E-state index in [4.69, 9.17) is 0 Å². The van der Waals surface area contributed by atoms with Crippen molar-refractivity contribution in [1.82, 2.24) is 10.2 Å². The normalized spacial score (nSPS) is 24.9. The molecule has 0 radical (unpaired) electrons. The zero-order valence-corrected chi connectivity index (χ0v) is 11.1. The zero-order chi connectivity index (χ0) is 11.7. The van der Waals surface area contributed by atoms with Crippen molar-refractivity contribution in [1.29, 1.82) is 0 Å². The zero-order valence-electron chi connectivity index (χ0n) is 9.52. The second-order valence-electron chi connectivity index (χ2n) is 4.61. The largest absolute Gasteiger partial charge is 0.357 e. The van der Waals surface area contributed by atoms with Crippen molar-refractivity contribution in [2.75, 3.05) is 5.32 Å². The molecule has 1 atom stereocenters. The number of thioether (sulfide) groups is 1. The number of nitrogens with one attached hydrogen (secondary N) is 1. The summed E-state index contributed by atoms with van der Waals surface area (Å²) in [5.41, 5.74) is 0. The number of rotatable bonds is 4. The maximum Gasteiger partial charge on any atom is 0.206 e. The molecule has 0 saturated heterocycles. The van der Waals surface area contributed by atoms with Crippen LogP contribution in [0, 0.1) is 0 Å². The fourth-order valence-corrected chi connectivity index (χ4v) is 4.11. The summed E-state index contributed by atoms with van der Waals surface area (Å²) >= 11 is 3.17. The van der Waals surface area contributed by atoms with Crippen LogP contribution < -0.4 is 5.32 Å². The van der Waals surface area contributed by atoms with Gasteiger partial charge in [0.1, 0.15) is 5.78 Å². The van der Waals surface area contributed by atoms with Crippen LogP contribution in [0.5, 0.6) is 0 Å². The Hall–Kier alpha value is -0.620. The van der Waals surface area contributed by atoms with Crippen molar-refractivity contribution in [3.8, 4) is 0 Å². The lowest BCUT2D eigenvalue weighted by Gasteiger charge is -2.17. The molecule has 0 unspecified atom stereocenters. The molecule has 4 nitrogen and oxygen atoms in total. The van der Waals surface area contributed by atoms with Crippen LogP contribution in [0.15, 0.2) is 4.34 Å². The van der Waals surface area contributed by atoms with Gasteiger partial charge in [-0.2, -0.15) is 0 Å². The minimum absolute atomic E-state index is 0.116. The standard InChI is InChI=1S/C11H15N3OS2/c15-8-3-1-2-4-9(8)16-11-14-13-10(17-11)12-7-5-6-7/h7,9H,1-6H2,(H,12,13)/t9-/m0/s1. The summed E-state index contributed by atoms with van der Waals surface area (Å²) in [5, 5.41) is 12.6. The van der Waals surface area contributed by atoms with Gasteiger partial charge in [0.15, 0.2) is 4.34 Å². The molecule has 2 saturated carbocycles. The van der Waals surface area contributed by atoms with E-state index in [-0.39, 0.29) is 5.25 Å². The Morgan fingerprint density at radius 3 is 2.88 bits per heavy atom. The van der Waals surface area contributed by atoms with E-state index in [0.717, 1.165) is 35.2 Å². The second kappa shape index (κ2) is 4.94. The van der Waals surface area contributed by atoms with E-state index in [1.54, 1.807) is 23.1 Å². The maximum atomic E-state index is 11.7. The molecule has 0 aliphatic heterocycles. The highest BCUT2D eigenvalue weighted by atomic mass is 32.2. The van der Waals surface area contributed by atoms with Crippen LogP contribution in [-0.2, 0) is 4.79 Å². The fraction of sp³-hybridized carbons (Fsp3) is 0.727. The number of ketones is 1.